The highest BCUT2D eigenvalue weighted by molar-refractivity contribution is 7.60. The van der Waals surface area contributed by atoms with Gasteiger partial charge in [0, 0.05) is 17.8 Å². The van der Waals surface area contributed by atoms with E-state index in [9.17, 15) is 14.7 Å². The van der Waals surface area contributed by atoms with Crippen LogP contribution in [0.3, 0.4) is 0 Å². The van der Waals surface area contributed by atoms with Crippen LogP contribution in [-0.4, -0.2) is 14.7 Å². The average molecular weight is 309 g/mol. The lowest BCUT2D eigenvalue weighted by molar-refractivity contribution is -0.384. The Morgan fingerprint density at radius 1 is 1.14 bits per heavy atom. The van der Waals surface area contributed by atoms with E-state index in [4.69, 9.17) is 15.5 Å². The average Bonchev–Trinajstić information content (AvgIpc) is 2.40. The molecule has 0 bridgehead atoms. The topological polar surface area (TPSA) is 139 Å². The maximum atomic E-state index is 11.0. The molecule has 2 rings (SSSR count). The summed E-state index contributed by atoms with van der Waals surface area (Å²) >= 11 is 0. The zero-order chi connectivity index (χ0) is 15.6. The molecule has 0 aliphatic carbocycles. The molecule has 0 unspecified atom stereocenters. The molecule has 0 aromatic heterocycles. The molecule has 0 heterocycles. The normalized spacial score (nSPS) is 11.1. The standard InChI is InChI=1S/C12H12N3O5P/c13-11-7-9(15(16)17)3-6-12(11)14-8-1-4-10(5-2-8)21(18,19)20/h1-7,14H,13H2,(H2,18,19,20). The summed E-state index contributed by atoms with van der Waals surface area (Å²) in [4.78, 5) is 28.1. The van der Waals surface area contributed by atoms with Crippen molar-refractivity contribution in [3.05, 3.63) is 52.6 Å². The molecule has 0 atom stereocenters. The summed E-state index contributed by atoms with van der Waals surface area (Å²) in [5, 5.41) is 13.4. The Kier molecular flexibility index (Phi) is 3.95. The number of hydrogen-bond acceptors (Lipinski definition) is 5. The number of anilines is 3. The molecular weight excluding hydrogens is 297 g/mol. The molecule has 0 aliphatic rings. The molecule has 0 spiro atoms. The number of nitrogen functional groups attached to an aromatic ring is 1. The minimum atomic E-state index is -4.27. The Balaban J connectivity index is 2.22. The van der Waals surface area contributed by atoms with Crippen molar-refractivity contribution >= 4 is 35.6 Å². The minimum absolute atomic E-state index is 0.0929. The van der Waals surface area contributed by atoms with Crippen LogP contribution in [0, 0.1) is 10.1 Å². The summed E-state index contributed by atoms with van der Waals surface area (Å²) in [5.74, 6) is 0. The summed E-state index contributed by atoms with van der Waals surface area (Å²) in [6, 6.07) is 9.55. The monoisotopic (exact) mass is 309 g/mol. The summed E-state index contributed by atoms with van der Waals surface area (Å²) < 4.78 is 11.0. The van der Waals surface area contributed by atoms with E-state index in [2.05, 4.69) is 5.32 Å². The van der Waals surface area contributed by atoms with Gasteiger partial charge in [-0.2, -0.15) is 0 Å². The lowest BCUT2D eigenvalue weighted by Crippen LogP contribution is -2.04. The van der Waals surface area contributed by atoms with Crippen LogP contribution in [0.1, 0.15) is 0 Å². The highest BCUT2D eigenvalue weighted by Gasteiger charge is 2.16. The summed E-state index contributed by atoms with van der Waals surface area (Å²) in [5.41, 5.74) is 6.81. The Hall–Kier alpha value is -2.41. The highest BCUT2D eigenvalue weighted by atomic mass is 31.2. The van der Waals surface area contributed by atoms with Crippen molar-refractivity contribution in [3.63, 3.8) is 0 Å². The number of nitro benzene ring substituents is 1. The Morgan fingerprint density at radius 3 is 2.24 bits per heavy atom. The van der Waals surface area contributed by atoms with E-state index < -0.39 is 12.5 Å². The van der Waals surface area contributed by atoms with Gasteiger partial charge in [-0.25, -0.2) is 0 Å². The molecule has 0 saturated heterocycles. The molecular formula is C12H12N3O5P. The van der Waals surface area contributed by atoms with Crippen LogP contribution in [-0.2, 0) is 4.57 Å². The van der Waals surface area contributed by atoms with Gasteiger partial charge in [0.05, 0.1) is 21.6 Å². The third-order valence-electron chi connectivity index (χ3n) is 2.73. The number of nitrogens with two attached hydrogens (primary N) is 1. The molecule has 0 saturated carbocycles. The number of nitrogens with one attached hydrogen (secondary N) is 1. The van der Waals surface area contributed by atoms with E-state index >= 15 is 0 Å². The van der Waals surface area contributed by atoms with Crippen LogP contribution in [0.25, 0.3) is 0 Å². The van der Waals surface area contributed by atoms with Crippen LogP contribution in [0.2, 0.25) is 0 Å². The number of nitrogens with zero attached hydrogens (tertiary/aromatic N) is 1. The zero-order valence-corrected chi connectivity index (χ0v) is 11.5. The van der Waals surface area contributed by atoms with Gasteiger partial charge in [0.25, 0.3) is 5.69 Å². The van der Waals surface area contributed by atoms with E-state index in [1.807, 2.05) is 0 Å². The summed E-state index contributed by atoms with van der Waals surface area (Å²) in [6.45, 7) is 0. The zero-order valence-electron chi connectivity index (χ0n) is 10.6. The smallest absolute Gasteiger partial charge is 0.356 e. The molecule has 0 radical (unpaired) electrons. The second-order valence-corrected chi connectivity index (χ2v) is 5.85. The van der Waals surface area contributed by atoms with E-state index in [0.717, 1.165) is 0 Å². The highest BCUT2D eigenvalue weighted by Crippen LogP contribution is 2.34. The van der Waals surface area contributed by atoms with Crippen molar-refractivity contribution in [2.24, 2.45) is 0 Å². The van der Waals surface area contributed by atoms with Crippen LogP contribution < -0.4 is 16.4 Å². The van der Waals surface area contributed by atoms with Gasteiger partial charge in [-0.3, -0.25) is 14.7 Å². The molecule has 2 aromatic rings. The molecule has 8 nitrogen and oxygen atoms in total. The fourth-order valence-electron chi connectivity index (χ4n) is 1.67. The van der Waals surface area contributed by atoms with Gasteiger partial charge in [-0.1, -0.05) is 0 Å². The first-order valence-electron chi connectivity index (χ1n) is 5.74. The van der Waals surface area contributed by atoms with Gasteiger partial charge in [-0.05, 0) is 30.3 Å². The van der Waals surface area contributed by atoms with Crippen LogP contribution in [0.4, 0.5) is 22.7 Å². The molecule has 2 aromatic carbocycles. The lowest BCUT2D eigenvalue weighted by atomic mass is 10.2. The van der Waals surface area contributed by atoms with Crippen molar-refractivity contribution < 1.29 is 19.3 Å². The Bertz CT molecular complexity index is 726. The van der Waals surface area contributed by atoms with Gasteiger partial charge in [-0.15, -0.1) is 0 Å². The fourth-order valence-corrected chi connectivity index (χ4v) is 2.21. The maximum absolute atomic E-state index is 11.0. The van der Waals surface area contributed by atoms with Crippen molar-refractivity contribution in [1.29, 1.82) is 0 Å². The number of hydrogen-bond donors (Lipinski definition) is 4. The van der Waals surface area contributed by atoms with E-state index in [-0.39, 0.29) is 16.7 Å². The van der Waals surface area contributed by atoms with Gasteiger partial charge < -0.3 is 20.8 Å². The Morgan fingerprint density at radius 2 is 1.76 bits per heavy atom. The molecule has 0 aliphatic heterocycles. The van der Waals surface area contributed by atoms with Gasteiger partial charge >= 0.3 is 7.60 Å². The number of nitro groups is 1. The van der Waals surface area contributed by atoms with Gasteiger partial charge in [0.2, 0.25) is 0 Å². The first kappa shape index (κ1) is 15.0. The number of benzene rings is 2. The molecule has 9 heteroatoms. The lowest BCUT2D eigenvalue weighted by Gasteiger charge is -2.10. The van der Waals surface area contributed by atoms with E-state index in [0.29, 0.717) is 11.4 Å². The van der Waals surface area contributed by atoms with Crippen LogP contribution in [0.5, 0.6) is 0 Å². The predicted molar refractivity (Wildman–Crippen MR) is 78.9 cm³/mol. The number of rotatable bonds is 4. The first-order chi connectivity index (χ1) is 9.77. The van der Waals surface area contributed by atoms with E-state index in [1.165, 1.54) is 42.5 Å². The number of non-ortho nitro benzene ring substituents is 1. The molecule has 21 heavy (non-hydrogen) atoms. The molecule has 110 valence electrons. The van der Waals surface area contributed by atoms with Crippen LogP contribution in [0.15, 0.2) is 42.5 Å². The summed E-state index contributed by atoms with van der Waals surface area (Å²) in [6.07, 6.45) is 0. The molecule has 5 N–H and O–H groups in total. The second kappa shape index (κ2) is 5.53. The quantitative estimate of drug-likeness (QED) is 0.292. The fraction of sp³-hybridized carbons (Fsp3) is 0. The minimum Gasteiger partial charge on any atom is -0.397 e. The molecule has 0 fully saturated rings. The molecule has 0 amide bonds. The largest absolute Gasteiger partial charge is 0.397 e. The SMILES string of the molecule is Nc1cc([N+](=O)[O-])ccc1Nc1ccc(P(=O)(O)O)cc1. The van der Waals surface area contributed by atoms with Crippen molar-refractivity contribution in [1.82, 2.24) is 0 Å². The van der Waals surface area contributed by atoms with Crippen molar-refractivity contribution in [3.8, 4) is 0 Å². The first-order valence-corrected chi connectivity index (χ1v) is 7.36. The second-order valence-electron chi connectivity index (χ2n) is 4.24. The third-order valence-corrected chi connectivity index (χ3v) is 3.70. The third kappa shape index (κ3) is 3.57. The van der Waals surface area contributed by atoms with E-state index in [1.54, 1.807) is 0 Å². The van der Waals surface area contributed by atoms with Crippen molar-refractivity contribution in [2.75, 3.05) is 11.1 Å². The summed E-state index contributed by atoms with van der Waals surface area (Å²) in [7, 11) is -4.27. The van der Waals surface area contributed by atoms with Crippen molar-refractivity contribution in [2.45, 2.75) is 0 Å². The van der Waals surface area contributed by atoms with Gasteiger partial charge in [0.1, 0.15) is 0 Å². The maximum Gasteiger partial charge on any atom is 0.356 e. The Labute approximate surface area is 119 Å². The van der Waals surface area contributed by atoms with Gasteiger partial charge in [0.15, 0.2) is 0 Å². The van der Waals surface area contributed by atoms with Crippen LogP contribution >= 0.6 is 7.60 Å². The predicted octanol–water partition coefficient (Wildman–Crippen LogP) is 1.72.